The number of anilines is 2. The normalized spacial score (nSPS) is 14.8. The van der Waals surface area contributed by atoms with Crippen LogP contribution < -0.4 is 10.6 Å². The molecule has 0 unspecified atom stereocenters. The number of aromatic nitrogens is 5. The maximum Gasteiger partial charge on any atom is 0.229 e. The van der Waals surface area contributed by atoms with Crippen molar-refractivity contribution < 1.29 is 4.39 Å². The fourth-order valence-corrected chi connectivity index (χ4v) is 3.85. The Hall–Kier alpha value is -3.43. The first-order valence-corrected chi connectivity index (χ1v) is 10.3. The van der Waals surface area contributed by atoms with E-state index in [0.717, 1.165) is 49.3 Å². The Morgan fingerprint density at radius 3 is 2.77 bits per heavy atom. The van der Waals surface area contributed by atoms with Crippen LogP contribution in [0.15, 0.2) is 49.1 Å². The van der Waals surface area contributed by atoms with E-state index in [1.54, 1.807) is 6.20 Å². The van der Waals surface area contributed by atoms with E-state index in [0.29, 0.717) is 17.3 Å². The van der Waals surface area contributed by atoms with E-state index in [4.69, 9.17) is 0 Å². The minimum absolute atomic E-state index is 0.228. The van der Waals surface area contributed by atoms with Gasteiger partial charge in [-0.1, -0.05) is 6.07 Å². The van der Waals surface area contributed by atoms with Gasteiger partial charge in [0.2, 0.25) is 5.95 Å². The second kappa shape index (κ2) is 8.37. The molecule has 158 valence electrons. The maximum absolute atomic E-state index is 14.6. The topological polar surface area (TPSA) is 83.8 Å². The van der Waals surface area contributed by atoms with Gasteiger partial charge in [0.1, 0.15) is 17.2 Å². The first-order chi connectivity index (χ1) is 15.2. The molecule has 1 fully saturated rings. The van der Waals surface area contributed by atoms with Crippen molar-refractivity contribution in [2.45, 2.75) is 6.54 Å². The summed E-state index contributed by atoms with van der Waals surface area (Å²) in [4.78, 5) is 19.7. The Balaban J connectivity index is 1.37. The van der Waals surface area contributed by atoms with Crippen LogP contribution >= 0.6 is 0 Å². The van der Waals surface area contributed by atoms with E-state index < -0.39 is 5.82 Å². The van der Waals surface area contributed by atoms with Crippen molar-refractivity contribution in [3.8, 4) is 11.3 Å². The van der Waals surface area contributed by atoms with E-state index in [-0.39, 0.29) is 5.69 Å². The molecule has 1 saturated heterocycles. The zero-order chi connectivity index (χ0) is 21.2. The number of hydrogen-bond acceptors (Lipinski definition) is 7. The first kappa shape index (κ1) is 19.5. The summed E-state index contributed by atoms with van der Waals surface area (Å²) in [6.07, 6.45) is 6.58. The molecule has 4 aromatic heterocycles. The van der Waals surface area contributed by atoms with E-state index in [2.05, 4.69) is 35.5 Å². The molecule has 0 saturated carbocycles. The van der Waals surface area contributed by atoms with Gasteiger partial charge in [0, 0.05) is 69.3 Å². The van der Waals surface area contributed by atoms with Gasteiger partial charge in [0.05, 0.1) is 6.20 Å². The Morgan fingerprint density at radius 2 is 1.97 bits per heavy atom. The van der Waals surface area contributed by atoms with Crippen LogP contribution in [0.25, 0.3) is 22.3 Å². The summed E-state index contributed by atoms with van der Waals surface area (Å²) < 4.78 is 16.5. The Labute approximate surface area is 179 Å². The van der Waals surface area contributed by atoms with E-state index in [9.17, 15) is 4.39 Å². The summed E-state index contributed by atoms with van der Waals surface area (Å²) in [6.45, 7) is 4.99. The quantitative estimate of drug-likeness (QED) is 0.516. The number of rotatable bonds is 5. The summed E-state index contributed by atoms with van der Waals surface area (Å²) in [7, 11) is 1.88. The summed E-state index contributed by atoms with van der Waals surface area (Å²) in [5.41, 5.74) is 2.82. The molecule has 0 bridgehead atoms. The molecule has 2 N–H and O–H groups in total. The summed E-state index contributed by atoms with van der Waals surface area (Å²) >= 11 is 0. The smallest absolute Gasteiger partial charge is 0.229 e. The number of aryl methyl sites for hydroxylation is 1. The number of nitrogens with one attached hydrogen (secondary N) is 2. The van der Waals surface area contributed by atoms with Crippen molar-refractivity contribution in [3.05, 3.63) is 60.4 Å². The van der Waals surface area contributed by atoms with Crippen LogP contribution in [0.3, 0.4) is 0 Å². The second-order valence-electron chi connectivity index (χ2n) is 7.62. The van der Waals surface area contributed by atoms with Gasteiger partial charge in [0.25, 0.3) is 0 Å². The average molecular weight is 418 g/mol. The lowest BCUT2D eigenvalue weighted by molar-refractivity contribution is 0.233. The molecule has 0 radical (unpaired) electrons. The highest BCUT2D eigenvalue weighted by Gasteiger charge is 2.16. The third kappa shape index (κ3) is 4.10. The molecule has 4 aromatic rings. The van der Waals surface area contributed by atoms with Crippen molar-refractivity contribution in [2.75, 3.05) is 31.5 Å². The van der Waals surface area contributed by atoms with Gasteiger partial charge in [-0.2, -0.15) is 0 Å². The van der Waals surface area contributed by atoms with Crippen LogP contribution in [0.1, 0.15) is 5.56 Å². The van der Waals surface area contributed by atoms with E-state index >= 15 is 0 Å². The van der Waals surface area contributed by atoms with Gasteiger partial charge in [-0.05, 0) is 23.8 Å². The number of fused-ring (bicyclic) bond motifs is 1. The molecule has 0 aromatic carbocycles. The lowest BCUT2D eigenvalue weighted by Gasteiger charge is -2.27. The monoisotopic (exact) mass is 418 g/mol. The maximum atomic E-state index is 14.6. The minimum Gasteiger partial charge on any atom is -0.335 e. The van der Waals surface area contributed by atoms with Crippen molar-refractivity contribution in [2.24, 2.45) is 7.05 Å². The second-order valence-corrected chi connectivity index (χ2v) is 7.62. The summed E-state index contributed by atoms with van der Waals surface area (Å²) in [5.74, 6) is 0.419. The van der Waals surface area contributed by atoms with Gasteiger partial charge < -0.3 is 15.2 Å². The van der Waals surface area contributed by atoms with Crippen LogP contribution in [0.2, 0.25) is 0 Å². The number of pyridine rings is 2. The van der Waals surface area contributed by atoms with Crippen molar-refractivity contribution in [3.63, 3.8) is 0 Å². The molecule has 0 aliphatic carbocycles. The highest BCUT2D eigenvalue weighted by atomic mass is 19.1. The molecule has 1 aliphatic rings. The third-order valence-corrected chi connectivity index (χ3v) is 5.41. The van der Waals surface area contributed by atoms with Gasteiger partial charge in [-0.25, -0.2) is 24.3 Å². The highest BCUT2D eigenvalue weighted by molar-refractivity contribution is 5.93. The largest absolute Gasteiger partial charge is 0.335 e. The lowest BCUT2D eigenvalue weighted by Crippen LogP contribution is -2.42. The van der Waals surface area contributed by atoms with Crippen molar-refractivity contribution in [1.29, 1.82) is 0 Å². The third-order valence-electron chi connectivity index (χ3n) is 5.41. The molecule has 9 heteroatoms. The molecule has 5 heterocycles. The number of hydrogen-bond donors (Lipinski definition) is 2. The van der Waals surface area contributed by atoms with Gasteiger partial charge in [-0.15, -0.1) is 0 Å². The Morgan fingerprint density at radius 1 is 1.10 bits per heavy atom. The molecule has 31 heavy (non-hydrogen) atoms. The molecular formula is C22H23FN8. The predicted molar refractivity (Wildman–Crippen MR) is 117 cm³/mol. The Bertz CT molecular complexity index is 1200. The lowest BCUT2D eigenvalue weighted by atomic mass is 10.1. The molecular weight excluding hydrogens is 395 g/mol. The molecule has 0 spiro atoms. The van der Waals surface area contributed by atoms with Crippen LogP contribution in [-0.2, 0) is 13.6 Å². The fraction of sp³-hybridized carbons (Fsp3) is 0.273. The number of halogens is 1. The number of nitrogens with zero attached hydrogens (tertiary/aromatic N) is 6. The molecule has 8 nitrogen and oxygen atoms in total. The molecule has 1 aliphatic heterocycles. The predicted octanol–water partition coefficient (Wildman–Crippen LogP) is 2.71. The van der Waals surface area contributed by atoms with Crippen LogP contribution in [0.4, 0.5) is 16.2 Å². The molecule has 5 rings (SSSR count). The summed E-state index contributed by atoms with van der Waals surface area (Å²) in [5, 5.41) is 7.27. The van der Waals surface area contributed by atoms with E-state index in [1.807, 2.05) is 48.3 Å². The zero-order valence-electron chi connectivity index (χ0n) is 17.2. The number of piperazine rings is 1. The highest BCUT2D eigenvalue weighted by Crippen LogP contribution is 2.30. The molecule has 0 amide bonds. The Kier molecular flexibility index (Phi) is 5.27. The van der Waals surface area contributed by atoms with Crippen LogP contribution in [0, 0.1) is 5.82 Å². The minimum atomic E-state index is -0.485. The van der Waals surface area contributed by atoms with Crippen LogP contribution in [0.5, 0.6) is 0 Å². The van der Waals surface area contributed by atoms with Crippen molar-refractivity contribution >= 4 is 22.8 Å². The van der Waals surface area contributed by atoms with Crippen molar-refractivity contribution in [1.82, 2.24) is 34.7 Å². The SMILES string of the molecule is Cn1cc(-c2nc(Nc3ccc(CN4CCNCC4)cn3)ncc2F)c2cccnc21. The van der Waals surface area contributed by atoms with E-state index in [1.165, 1.54) is 6.20 Å². The summed E-state index contributed by atoms with van der Waals surface area (Å²) in [6, 6.07) is 7.67. The first-order valence-electron chi connectivity index (χ1n) is 10.3. The van der Waals surface area contributed by atoms with Crippen LogP contribution in [-0.4, -0.2) is 55.6 Å². The van der Waals surface area contributed by atoms with Gasteiger partial charge >= 0.3 is 0 Å². The fourth-order valence-electron chi connectivity index (χ4n) is 3.85. The average Bonchev–Trinajstić information content (AvgIpc) is 3.14. The standard InChI is InChI=1S/C22H23FN8/c1-30-14-17(16-3-2-6-25-21(16)30)20-18(23)12-27-22(29-20)28-19-5-4-15(11-26-19)13-31-9-7-24-8-10-31/h2-6,11-12,14,24H,7-10,13H2,1H3,(H,26,27,28,29). The zero-order valence-corrected chi connectivity index (χ0v) is 17.2. The molecule has 0 atom stereocenters. The van der Waals surface area contributed by atoms with Gasteiger partial charge in [-0.3, -0.25) is 4.90 Å². The van der Waals surface area contributed by atoms with Gasteiger partial charge in [0.15, 0.2) is 5.82 Å².